The average Bonchev–Trinajstić information content (AvgIpc) is 3.04. The van der Waals surface area contributed by atoms with E-state index in [1.165, 1.54) is 0 Å². The molecule has 1 N–H and O–H groups in total. The molecule has 3 aromatic rings. The molecule has 0 unspecified atom stereocenters. The Hall–Kier alpha value is -2.71. The molecule has 0 saturated carbocycles. The van der Waals surface area contributed by atoms with Gasteiger partial charge in [-0.2, -0.15) is 0 Å². The maximum Gasteiger partial charge on any atom is 0.224 e. The standard InChI is InChI=1S/C22H24ClN5O2S/c1-15-16(23)5-2-6-17(15)25-19(29)8-9-20(30)27-11-4-12-28(14-13-27)22-26-18-7-3-10-24-21(18)31-22/h2-3,5-7,10H,4,8-9,11-14H2,1H3,(H,25,29). The van der Waals surface area contributed by atoms with Gasteiger partial charge in [-0.15, -0.1) is 0 Å². The smallest absolute Gasteiger partial charge is 0.224 e. The van der Waals surface area contributed by atoms with Gasteiger partial charge in [0.1, 0.15) is 10.3 Å². The number of benzene rings is 1. The fourth-order valence-corrected chi connectivity index (χ4v) is 4.72. The number of fused-ring (bicyclic) bond motifs is 1. The summed E-state index contributed by atoms with van der Waals surface area (Å²) in [5.74, 6) is -0.178. The summed E-state index contributed by atoms with van der Waals surface area (Å²) >= 11 is 7.68. The Kier molecular flexibility index (Phi) is 6.67. The molecule has 2 amide bonds. The van der Waals surface area contributed by atoms with Crippen molar-refractivity contribution in [1.82, 2.24) is 14.9 Å². The van der Waals surface area contributed by atoms with E-state index in [1.807, 2.05) is 30.0 Å². The van der Waals surface area contributed by atoms with E-state index in [0.717, 1.165) is 40.6 Å². The van der Waals surface area contributed by atoms with Crippen LogP contribution < -0.4 is 10.2 Å². The van der Waals surface area contributed by atoms with E-state index in [-0.39, 0.29) is 24.7 Å². The van der Waals surface area contributed by atoms with Crippen molar-refractivity contribution in [2.45, 2.75) is 26.2 Å². The normalized spacial score (nSPS) is 14.5. The van der Waals surface area contributed by atoms with Crippen LogP contribution in [0.5, 0.6) is 0 Å². The number of anilines is 2. The third kappa shape index (κ3) is 5.14. The predicted octanol–water partition coefficient (Wildman–Crippen LogP) is 4.11. The first-order chi connectivity index (χ1) is 15.0. The van der Waals surface area contributed by atoms with Crippen LogP contribution in [0.3, 0.4) is 0 Å². The number of nitrogens with one attached hydrogen (secondary N) is 1. The van der Waals surface area contributed by atoms with Crippen LogP contribution in [0.1, 0.15) is 24.8 Å². The SMILES string of the molecule is Cc1c(Cl)cccc1NC(=O)CCC(=O)N1CCCN(c2nc3cccnc3s2)CC1. The minimum atomic E-state index is -0.183. The van der Waals surface area contributed by atoms with Crippen LogP contribution in [0.25, 0.3) is 10.3 Å². The predicted molar refractivity (Wildman–Crippen MR) is 125 cm³/mol. The number of halogens is 1. The van der Waals surface area contributed by atoms with Crippen molar-refractivity contribution in [1.29, 1.82) is 0 Å². The lowest BCUT2D eigenvalue weighted by atomic mass is 10.2. The van der Waals surface area contributed by atoms with Gasteiger partial charge in [0, 0.05) is 55.9 Å². The number of pyridine rings is 1. The van der Waals surface area contributed by atoms with Crippen molar-refractivity contribution in [2.75, 3.05) is 36.4 Å². The second-order valence-corrected chi connectivity index (χ2v) is 8.87. The van der Waals surface area contributed by atoms with Gasteiger partial charge in [0.05, 0.1) is 0 Å². The second kappa shape index (κ2) is 9.62. The monoisotopic (exact) mass is 457 g/mol. The zero-order chi connectivity index (χ0) is 21.8. The van der Waals surface area contributed by atoms with Crippen LogP contribution in [0, 0.1) is 6.92 Å². The maximum atomic E-state index is 12.7. The Labute approximate surface area is 190 Å². The summed E-state index contributed by atoms with van der Waals surface area (Å²) in [5, 5.41) is 4.40. The first-order valence-corrected chi connectivity index (χ1v) is 11.5. The molecule has 1 saturated heterocycles. The van der Waals surface area contributed by atoms with E-state index in [2.05, 4.69) is 20.2 Å². The number of rotatable bonds is 5. The van der Waals surface area contributed by atoms with E-state index < -0.39 is 0 Å². The molecule has 1 fully saturated rings. The maximum absolute atomic E-state index is 12.7. The highest BCUT2D eigenvalue weighted by Gasteiger charge is 2.22. The summed E-state index contributed by atoms with van der Waals surface area (Å²) < 4.78 is 0. The molecular formula is C22H24ClN5O2S. The molecule has 0 radical (unpaired) electrons. The Morgan fingerprint density at radius 1 is 1.13 bits per heavy atom. The molecule has 7 nitrogen and oxygen atoms in total. The van der Waals surface area contributed by atoms with Gasteiger partial charge in [0.2, 0.25) is 11.8 Å². The van der Waals surface area contributed by atoms with Gasteiger partial charge in [0.25, 0.3) is 0 Å². The fourth-order valence-electron chi connectivity index (χ4n) is 3.59. The van der Waals surface area contributed by atoms with Crippen LogP contribution in [0.4, 0.5) is 10.8 Å². The van der Waals surface area contributed by atoms with Crippen LogP contribution in [0.2, 0.25) is 5.02 Å². The highest BCUT2D eigenvalue weighted by atomic mass is 35.5. The van der Waals surface area contributed by atoms with Crippen molar-refractivity contribution < 1.29 is 9.59 Å². The molecule has 4 rings (SSSR count). The van der Waals surface area contributed by atoms with E-state index in [0.29, 0.717) is 23.8 Å². The number of nitrogens with zero attached hydrogens (tertiary/aromatic N) is 4. The van der Waals surface area contributed by atoms with Gasteiger partial charge in [-0.05, 0) is 43.2 Å². The largest absolute Gasteiger partial charge is 0.346 e. The molecule has 0 bridgehead atoms. The third-order valence-corrected chi connectivity index (χ3v) is 6.83. The van der Waals surface area contributed by atoms with Crippen LogP contribution in [0.15, 0.2) is 36.5 Å². The third-order valence-electron chi connectivity index (χ3n) is 5.38. The van der Waals surface area contributed by atoms with E-state index in [4.69, 9.17) is 11.6 Å². The van der Waals surface area contributed by atoms with Gasteiger partial charge in [-0.3, -0.25) is 9.59 Å². The van der Waals surface area contributed by atoms with Gasteiger partial charge in [0.15, 0.2) is 5.13 Å². The molecule has 0 aliphatic carbocycles. The second-order valence-electron chi connectivity index (χ2n) is 7.51. The minimum Gasteiger partial charge on any atom is -0.346 e. The molecule has 1 aromatic carbocycles. The number of carbonyl (C=O) groups excluding carboxylic acids is 2. The molecule has 0 spiro atoms. The van der Waals surface area contributed by atoms with Crippen LogP contribution in [-0.4, -0.2) is 52.9 Å². The Bertz CT molecular complexity index is 1070. The molecule has 9 heteroatoms. The molecule has 3 heterocycles. The lowest BCUT2D eigenvalue weighted by molar-refractivity contribution is -0.132. The summed E-state index contributed by atoms with van der Waals surface area (Å²) in [7, 11) is 0. The van der Waals surface area contributed by atoms with Crippen molar-refractivity contribution in [3.63, 3.8) is 0 Å². The average molecular weight is 458 g/mol. The zero-order valence-electron chi connectivity index (χ0n) is 17.3. The van der Waals surface area contributed by atoms with Crippen molar-refractivity contribution in [3.8, 4) is 0 Å². The first kappa shape index (κ1) is 21.5. The number of hydrogen-bond acceptors (Lipinski definition) is 6. The number of aromatic nitrogens is 2. The van der Waals surface area contributed by atoms with Crippen LogP contribution >= 0.6 is 22.9 Å². The summed E-state index contributed by atoms with van der Waals surface area (Å²) in [4.78, 5) is 39.0. The molecule has 31 heavy (non-hydrogen) atoms. The summed E-state index contributed by atoms with van der Waals surface area (Å²) in [5.41, 5.74) is 2.41. The van der Waals surface area contributed by atoms with Crippen molar-refractivity contribution in [3.05, 3.63) is 47.1 Å². The minimum absolute atomic E-state index is 0.00535. The van der Waals surface area contributed by atoms with E-state index in [1.54, 1.807) is 29.7 Å². The number of amides is 2. The highest BCUT2D eigenvalue weighted by molar-refractivity contribution is 7.21. The van der Waals surface area contributed by atoms with Gasteiger partial charge < -0.3 is 15.1 Å². The molecule has 1 aliphatic rings. The quantitative estimate of drug-likeness (QED) is 0.623. The Balaban J connectivity index is 1.29. The molecule has 1 aliphatic heterocycles. The molecule has 0 atom stereocenters. The van der Waals surface area contributed by atoms with Gasteiger partial charge in [-0.1, -0.05) is 29.0 Å². The number of hydrogen-bond donors (Lipinski definition) is 1. The van der Waals surface area contributed by atoms with Gasteiger partial charge >= 0.3 is 0 Å². The lowest BCUT2D eigenvalue weighted by Crippen LogP contribution is -2.35. The topological polar surface area (TPSA) is 78.4 Å². The highest BCUT2D eigenvalue weighted by Crippen LogP contribution is 2.28. The molecule has 162 valence electrons. The van der Waals surface area contributed by atoms with E-state index >= 15 is 0 Å². The zero-order valence-corrected chi connectivity index (χ0v) is 18.9. The molecular weight excluding hydrogens is 434 g/mol. The number of carbonyl (C=O) groups is 2. The number of thiazole rings is 1. The van der Waals surface area contributed by atoms with Crippen molar-refractivity contribution in [2.24, 2.45) is 0 Å². The van der Waals surface area contributed by atoms with E-state index in [9.17, 15) is 9.59 Å². The fraction of sp³-hybridized carbons (Fsp3) is 0.364. The summed E-state index contributed by atoms with van der Waals surface area (Å²) in [6.45, 7) is 4.73. The summed E-state index contributed by atoms with van der Waals surface area (Å²) in [6.07, 6.45) is 2.98. The molecule has 2 aromatic heterocycles. The Morgan fingerprint density at radius 3 is 2.84 bits per heavy atom. The van der Waals surface area contributed by atoms with Crippen LogP contribution in [-0.2, 0) is 9.59 Å². The summed E-state index contributed by atoms with van der Waals surface area (Å²) in [6, 6.07) is 9.23. The van der Waals surface area contributed by atoms with Crippen molar-refractivity contribution >= 4 is 55.9 Å². The van der Waals surface area contributed by atoms with Gasteiger partial charge in [-0.25, -0.2) is 9.97 Å². The lowest BCUT2D eigenvalue weighted by Gasteiger charge is -2.21. The first-order valence-electron chi connectivity index (χ1n) is 10.3. The Morgan fingerprint density at radius 2 is 2.00 bits per heavy atom.